The van der Waals surface area contributed by atoms with Crippen molar-refractivity contribution in [2.24, 2.45) is 5.92 Å². The second-order valence-electron chi connectivity index (χ2n) is 7.46. The fourth-order valence-electron chi connectivity index (χ4n) is 3.50. The van der Waals surface area contributed by atoms with Crippen LogP contribution in [-0.4, -0.2) is 30.7 Å². The van der Waals surface area contributed by atoms with Gasteiger partial charge in [0, 0.05) is 11.6 Å². The fraction of sp³-hybridized carbons (Fsp3) is 0.286. The molecule has 0 spiro atoms. The maximum absolute atomic E-state index is 12.9. The van der Waals surface area contributed by atoms with Gasteiger partial charge in [-0.2, -0.15) is 5.10 Å². The SMILES string of the molecule is CC(C)C[C@@H](NC(=O)Cc1n[nH]c(=O)c2ccccc12)c1nnc2ccccn12. The van der Waals surface area contributed by atoms with Gasteiger partial charge in [0.25, 0.3) is 5.56 Å². The van der Waals surface area contributed by atoms with Crippen molar-refractivity contribution in [3.63, 3.8) is 0 Å². The first-order valence-corrected chi connectivity index (χ1v) is 9.58. The standard InChI is InChI=1S/C21H22N6O2/c1-13(2)11-17(20-25-24-18-9-5-6-10-27(18)20)22-19(28)12-16-14-7-3-4-8-15(14)21(29)26-23-16/h3-10,13,17H,11-12H2,1-2H3,(H,22,28)(H,26,29)/t17-/m1/s1. The van der Waals surface area contributed by atoms with Gasteiger partial charge in [0.15, 0.2) is 11.5 Å². The molecular formula is C21H22N6O2. The first-order valence-electron chi connectivity index (χ1n) is 9.58. The molecule has 0 saturated heterocycles. The van der Waals surface area contributed by atoms with Gasteiger partial charge in [0.1, 0.15) is 0 Å². The molecule has 0 aliphatic rings. The molecule has 148 valence electrons. The maximum atomic E-state index is 12.9. The molecule has 0 aliphatic heterocycles. The molecule has 4 rings (SSSR count). The lowest BCUT2D eigenvalue weighted by atomic mass is 10.0. The van der Waals surface area contributed by atoms with Crippen LogP contribution in [0.3, 0.4) is 0 Å². The molecule has 0 unspecified atom stereocenters. The Morgan fingerprint density at radius 3 is 2.66 bits per heavy atom. The van der Waals surface area contributed by atoms with E-state index in [2.05, 4.69) is 39.6 Å². The average Bonchev–Trinajstić information content (AvgIpc) is 3.14. The van der Waals surface area contributed by atoms with Crippen molar-refractivity contribution < 1.29 is 4.79 Å². The summed E-state index contributed by atoms with van der Waals surface area (Å²) in [5.41, 5.74) is 1.00. The van der Waals surface area contributed by atoms with E-state index in [-0.39, 0.29) is 23.9 Å². The van der Waals surface area contributed by atoms with Gasteiger partial charge >= 0.3 is 0 Å². The quantitative estimate of drug-likeness (QED) is 0.526. The van der Waals surface area contributed by atoms with Crippen molar-refractivity contribution in [2.45, 2.75) is 32.7 Å². The molecule has 8 nitrogen and oxygen atoms in total. The van der Waals surface area contributed by atoms with Crippen molar-refractivity contribution >= 4 is 22.3 Å². The number of benzene rings is 1. The summed E-state index contributed by atoms with van der Waals surface area (Å²) in [5, 5.41) is 19.4. The van der Waals surface area contributed by atoms with Gasteiger partial charge in [0.2, 0.25) is 5.91 Å². The molecule has 0 bridgehead atoms. The minimum absolute atomic E-state index is 0.0582. The number of nitrogens with one attached hydrogen (secondary N) is 2. The zero-order chi connectivity index (χ0) is 20.4. The highest BCUT2D eigenvalue weighted by atomic mass is 16.1. The number of nitrogens with zero attached hydrogens (tertiary/aromatic N) is 4. The third-order valence-electron chi connectivity index (χ3n) is 4.80. The molecule has 8 heteroatoms. The number of carbonyl (C=O) groups is 1. The fourth-order valence-corrected chi connectivity index (χ4v) is 3.50. The van der Waals surface area contributed by atoms with Crippen LogP contribution in [0, 0.1) is 5.92 Å². The summed E-state index contributed by atoms with van der Waals surface area (Å²) >= 11 is 0. The Morgan fingerprint density at radius 2 is 1.86 bits per heavy atom. The van der Waals surface area contributed by atoms with E-state index in [1.807, 2.05) is 34.9 Å². The highest BCUT2D eigenvalue weighted by Crippen LogP contribution is 2.21. The molecule has 29 heavy (non-hydrogen) atoms. The Hall–Kier alpha value is -3.55. The van der Waals surface area contributed by atoms with Gasteiger partial charge in [-0.15, -0.1) is 10.2 Å². The smallest absolute Gasteiger partial charge is 0.272 e. The number of fused-ring (bicyclic) bond motifs is 2. The third kappa shape index (κ3) is 3.87. The molecule has 0 radical (unpaired) electrons. The highest BCUT2D eigenvalue weighted by molar-refractivity contribution is 5.88. The zero-order valence-electron chi connectivity index (χ0n) is 16.3. The van der Waals surface area contributed by atoms with Crippen molar-refractivity contribution in [1.82, 2.24) is 30.1 Å². The van der Waals surface area contributed by atoms with Crippen molar-refractivity contribution in [3.8, 4) is 0 Å². The van der Waals surface area contributed by atoms with Crippen LogP contribution >= 0.6 is 0 Å². The van der Waals surface area contributed by atoms with Crippen molar-refractivity contribution in [1.29, 1.82) is 0 Å². The van der Waals surface area contributed by atoms with Gasteiger partial charge in [0.05, 0.1) is 23.5 Å². The highest BCUT2D eigenvalue weighted by Gasteiger charge is 2.22. The third-order valence-corrected chi connectivity index (χ3v) is 4.80. The number of hydrogen-bond acceptors (Lipinski definition) is 5. The van der Waals surface area contributed by atoms with E-state index in [1.165, 1.54) is 0 Å². The van der Waals surface area contributed by atoms with Gasteiger partial charge in [-0.25, -0.2) is 5.10 Å². The molecule has 3 aromatic heterocycles. The summed E-state index contributed by atoms with van der Waals surface area (Å²) < 4.78 is 1.89. The number of pyridine rings is 1. The molecule has 0 fully saturated rings. The lowest BCUT2D eigenvalue weighted by Crippen LogP contribution is -2.32. The van der Waals surface area contributed by atoms with E-state index in [1.54, 1.807) is 18.2 Å². The van der Waals surface area contributed by atoms with Crippen molar-refractivity contribution in [3.05, 3.63) is 70.5 Å². The number of aromatic amines is 1. The molecule has 1 amide bonds. The number of carbonyl (C=O) groups excluding carboxylic acids is 1. The summed E-state index contributed by atoms with van der Waals surface area (Å²) in [6.07, 6.45) is 2.67. The summed E-state index contributed by atoms with van der Waals surface area (Å²) in [4.78, 5) is 24.8. The van der Waals surface area contributed by atoms with Crippen LogP contribution < -0.4 is 10.9 Å². The summed E-state index contributed by atoms with van der Waals surface area (Å²) in [6.45, 7) is 4.19. The van der Waals surface area contributed by atoms with Gasteiger partial charge in [-0.1, -0.05) is 38.1 Å². The minimum atomic E-state index is -0.283. The Morgan fingerprint density at radius 1 is 1.10 bits per heavy atom. The molecule has 3 heterocycles. The van der Waals surface area contributed by atoms with Crippen LogP contribution in [0.4, 0.5) is 0 Å². The normalized spacial score (nSPS) is 12.5. The van der Waals surface area contributed by atoms with Crippen LogP contribution in [0.5, 0.6) is 0 Å². The average molecular weight is 390 g/mol. The van der Waals surface area contributed by atoms with E-state index < -0.39 is 0 Å². The number of hydrogen-bond donors (Lipinski definition) is 2. The topological polar surface area (TPSA) is 105 Å². The van der Waals surface area contributed by atoms with E-state index >= 15 is 0 Å². The molecule has 1 aromatic carbocycles. The molecule has 0 aliphatic carbocycles. The van der Waals surface area contributed by atoms with E-state index in [4.69, 9.17) is 0 Å². The lowest BCUT2D eigenvalue weighted by Gasteiger charge is -2.19. The van der Waals surface area contributed by atoms with Gasteiger partial charge < -0.3 is 5.32 Å². The van der Waals surface area contributed by atoms with Crippen LogP contribution in [0.15, 0.2) is 53.5 Å². The second-order valence-corrected chi connectivity index (χ2v) is 7.46. The minimum Gasteiger partial charge on any atom is -0.346 e. The van der Waals surface area contributed by atoms with E-state index in [9.17, 15) is 9.59 Å². The van der Waals surface area contributed by atoms with E-state index in [0.29, 0.717) is 28.2 Å². The Labute approximate surface area is 167 Å². The Bertz CT molecular complexity index is 1230. The number of amides is 1. The summed E-state index contributed by atoms with van der Waals surface area (Å²) in [6, 6.07) is 12.5. The predicted octanol–water partition coefficient (Wildman–Crippen LogP) is 2.41. The first-order chi connectivity index (χ1) is 14.0. The van der Waals surface area contributed by atoms with Crippen LogP contribution in [0.2, 0.25) is 0 Å². The zero-order valence-corrected chi connectivity index (χ0v) is 16.3. The maximum Gasteiger partial charge on any atom is 0.272 e. The van der Waals surface area contributed by atoms with Crippen LogP contribution in [-0.2, 0) is 11.2 Å². The lowest BCUT2D eigenvalue weighted by molar-refractivity contribution is -0.121. The monoisotopic (exact) mass is 390 g/mol. The van der Waals surface area contributed by atoms with E-state index in [0.717, 1.165) is 12.1 Å². The van der Waals surface area contributed by atoms with Gasteiger partial charge in [-0.05, 0) is 30.5 Å². The molecule has 1 atom stereocenters. The summed E-state index contributed by atoms with van der Waals surface area (Å²) in [7, 11) is 0. The Balaban J connectivity index is 1.61. The number of aromatic nitrogens is 5. The number of H-pyrrole nitrogens is 1. The van der Waals surface area contributed by atoms with Crippen LogP contribution in [0.1, 0.15) is 37.8 Å². The second kappa shape index (κ2) is 7.83. The number of rotatable bonds is 6. The molecule has 0 saturated carbocycles. The predicted molar refractivity (Wildman–Crippen MR) is 109 cm³/mol. The van der Waals surface area contributed by atoms with Gasteiger partial charge in [-0.3, -0.25) is 14.0 Å². The summed E-state index contributed by atoms with van der Waals surface area (Å²) in [5.74, 6) is 0.860. The first kappa shape index (κ1) is 18.8. The molecule has 2 N–H and O–H groups in total. The van der Waals surface area contributed by atoms with Crippen LogP contribution in [0.25, 0.3) is 16.4 Å². The van der Waals surface area contributed by atoms with Crippen molar-refractivity contribution in [2.75, 3.05) is 0 Å². The molecule has 4 aromatic rings. The molecular weight excluding hydrogens is 368 g/mol. The largest absolute Gasteiger partial charge is 0.346 e. The Kier molecular flexibility index (Phi) is 5.07.